The molecule has 1 aromatic carbocycles. The Balaban J connectivity index is 3.33. The second-order valence-electron chi connectivity index (χ2n) is 7.26. The van der Waals surface area contributed by atoms with Crippen molar-refractivity contribution < 1.29 is 68.8 Å². The molecule has 200 valence electrons. The predicted octanol–water partition coefficient (Wildman–Crippen LogP) is 4.98. The molecule has 34 heavy (non-hydrogen) atoms. The van der Waals surface area contributed by atoms with Crippen LogP contribution in [0.4, 0.5) is 48.3 Å². The maximum absolute atomic E-state index is 13.9. The van der Waals surface area contributed by atoms with Crippen LogP contribution >= 0.6 is 10.3 Å². The number of benzene rings is 1. The molecule has 0 bridgehead atoms. The number of alkyl halides is 11. The van der Waals surface area contributed by atoms with Gasteiger partial charge in [0.2, 0.25) is 0 Å². The van der Waals surface area contributed by atoms with E-state index in [1.54, 1.807) is 0 Å². The Morgan fingerprint density at radius 3 is 1.44 bits per heavy atom. The van der Waals surface area contributed by atoms with Crippen molar-refractivity contribution in [2.24, 2.45) is 0 Å². The minimum atomic E-state index is -7.90. The molecule has 1 rings (SSSR count). The monoisotopic (exact) mass is 580 g/mol. The van der Waals surface area contributed by atoms with E-state index in [-0.39, 0.29) is 10.5 Å². The molecule has 0 aliphatic carbocycles. The molecule has 19 heteroatoms. The fourth-order valence-electron chi connectivity index (χ4n) is 2.26. The fraction of sp³-hybridized carbons (Fsp3) is 0.600. The smallest absolute Gasteiger partial charge is 0.224 e. The van der Waals surface area contributed by atoms with Gasteiger partial charge in [0, 0.05) is 12.0 Å². The first-order chi connectivity index (χ1) is 14.6. The second kappa shape index (κ2) is 8.65. The number of sulfone groups is 1. The quantitative estimate of drug-likeness (QED) is 0.386. The van der Waals surface area contributed by atoms with Gasteiger partial charge in [0.05, 0.1) is 4.90 Å². The van der Waals surface area contributed by atoms with Gasteiger partial charge in [-0.3, -0.25) is 0 Å². The molecule has 0 spiro atoms. The Hall–Kier alpha value is -1.34. The molecular formula is C15H15F11O5S3. The summed E-state index contributed by atoms with van der Waals surface area (Å²) in [6, 6.07) is 4.09. The largest absolute Gasteiger partial charge is 0.460 e. The van der Waals surface area contributed by atoms with Gasteiger partial charge in [-0.25, -0.2) is 12.0 Å². The average Bonchev–Trinajstić information content (AvgIpc) is 2.58. The van der Waals surface area contributed by atoms with Crippen LogP contribution in [-0.2, 0) is 29.3 Å². The molecule has 0 amide bonds. The Bertz CT molecular complexity index is 1110. The molecule has 0 unspecified atom stereocenters. The lowest BCUT2D eigenvalue weighted by atomic mass is 10.0. The molecule has 0 aromatic heterocycles. The summed E-state index contributed by atoms with van der Waals surface area (Å²) >= 11 is 0. The molecular weight excluding hydrogens is 565 g/mol. The van der Waals surface area contributed by atoms with Gasteiger partial charge >= 0.3 is 39.3 Å². The van der Waals surface area contributed by atoms with Gasteiger partial charge in [-0.05, 0) is 30.2 Å². The molecule has 0 aliphatic rings. The third kappa shape index (κ3) is 5.40. The Morgan fingerprint density at radius 2 is 1.09 bits per heavy atom. The van der Waals surface area contributed by atoms with Crippen LogP contribution in [-0.4, -0.2) is 64.8 Å². The normalized spacial score (nSPS) is 15.9. The van der Waals surface area contributed by atoms with Gasteiger partial charge < -0.3 is 0 Å². The number of halogens is 11. The van der Waals surface area contributed by atoms with Gasteiger partial charge in [0.25, 0.3) is 0 Å². The predicted molar refractivity (Wildman–Crippen MR) is 98.5 cm³/mol. The van der Waals surface area contributed by atoms with Gasteiger partial charge in [0.1, 0.15) is 0 Å². The summed E-state index contributed by atoms with van der Waals surface area (Å²) in [6.07, 6.45) is -5.13. The van der Waals surface area contributed by atoms with E-state index in [2.05, 4.69) is 3.63 Å². The lowest BCUT2D eigenvalue weighted by molar-refractivity contribution is -0.413. The van der Waals surface area contributed by atoms with E-state index in [0.29, 0.717) is 0 Å². The first-order valence-corrected chi connectivity index (χ1v) is 14.0. The van der Waals surface area contributed by atoms with Crippen LogP contribution in [0.2, 0.25) is 0 Å². The maximum atomic E-state index is 13.9. The molecule has 0 heterocycles. The van der Waals surface area contributed by atoms with Crippen molar-refractivity contribution in [1.29, 1.82) is 0 Å². The van der Waals surface area contributed by atoms with Crippen LogP contribution in [0.25, 0.3) is 0 Å². The molecule has 0 fully saturated rings. The summed E-state index contributed by atoms with van der Waals surface area (Å²) in [5, 5.41) is -7.23. The Kier molecular flexibility index (Phi) is 7.81. The third-order valence-corrected chi connectivity index (χ3v) is 9.20. The first kappa shape index (κ1) is 30.7. The molecule has 0 radical (unpaired) electrons. The number of rotatable bonds is 9. The zero-order valence-corrected chi connectivity index (χ0v) is 19.4. The summed E-state index contributed by atoms with van der Waals surface area (Å²) in [7, 11) is -14.4. The van der Waals surface area contributed by atoms with E-state index < -0.39 is 65.2 Å². The topological polar surface area (TPSA) is 77.5 Å². The van der Waals surface area contributed by atoms with Crippen molar-refractivity contribution in [2.75, 3.05) is 18.8 Å². The standard InChI is InChI=1S/C15H15F11O5S3/c1-32(2,8-9-4-6-10(7-5-9)33(3,27)28)31-34(29,30)15(25,26)13(20,21)11(16,17)12(18,19)14(22,23)24/h4-7H,8H2,1-3H3. The van der Waals surface area contributed by atoms with E-state index in [1.807, 2.05) is 0 Å². The van der Waals surface area contributed by atoms with E-state index in [0.717, 1.165) is 43.0 Å². The van der Waals surface area contributed by atoms with Gasteiger partial charge in [-0.15, -0.1) is 10.3 Å². The van der Waals surface area contributed by atoms with Crippen molar-refractivity contribution in [3.8, 4) is 0 Å². The first-order valence-electron chi connectivity index (χ1n) is 8.18. The molecule has 0 saturated carbocycles. The zero-order valence-electron chi connectivity index (χ0n) is 16.9. The highest BCUT2D eigenvalue weighted by Crippen LogP contribution is 2.60. The van der Waals surface area contributed by atoms with E-state index in [4.69, 9.17) is 0 Å². The van der Waals surface area contributed by atoms with Crippen LogP contribution in [0.1, 0.15) is 5.56 Å². The highest BCUT2D eigenvalue weighted by molar-refractivity contribution is 8.31. The summed E-state index contributed by atoms with van der Waals surface area (Å²) in [5.74, 6) is -24.1. The number of hydrogen-bond acceptors (Lipinski definition) is 5. The lowest BCUT2D eigenvalue weighted by Gasteiger charge is -2.38. The highest BCUT2D eigenvalue weighted by atomic mass is 32.3. The molecule has 0 N–H and O–H groups in total. The van der Waals surface area contributed by atoms with E-state index in [1.165, 1.54) is 0 Å². The van der Waals surface area contributed by atoms with Gasteiger partial charge in [0.15, 0.2) is 9.84 Å². The Labute approximate surface area is 187 Å². The minimum absolute atomic E-state index is 0.00777. The summed E-state index contributed by atoms with van der Waals surface area (Å²) < 4.78 is 194. The van der Waals surface area contributed by atoms with Crippen LogP contribution in [0, 0.1) is 0 Å². The maximum Gasteiger partial charge on any atom is 0.460 e. The molecule has 0 saturated heterocycles. The molecule has 0 aliphatic heterocycles. The van der Waals surface area contributed by atoms with E-state index >= 15 is 0 Å². The molecule has 0 atom stereocenters. The SMILES string of the molecule is CS(C)(Cc1ccc(S(C)(=O)=O)cc1)OS(=O)(=O)C(F)(F)C(F)(F)C(F)(F)C(F)(F)C(F)(F)F. The zero-order chi connectivity index (χ0) is 27.4. The van der Waals surface area contributed by atoms with Crippen molar-refractivity contribution in [1.82, 2.24) is 0 Å². The Morgan fingerprint density at radius 1 is 0.676 bits per heavy atom. The fourth-order valence-corrected chi connectivity index (χ4v) is 6.80. The lowest BCUT2D eigenvalue weighted by Crippen LogP contribution is -2.68. The van der Waals surface area contributed by atoms with Crippen LogP contribution in [0.3, 0.4) is 0 Å². The number of hydrogen-bond donors (Lipinski definition) is 0. The van der Waals surface area contributed by atoms with Crippen LogP contribution in [0.5, 0.6) is 0 Å². The van der Waals surface area contributed by atoms with Crippen molar-refractivity contribution in [3.63, 3.8) is 0 Å². The van der Waals surface area contributed by atoms with Gasteiger partial charge in [-0.2, -0.15) is 56.7 Å². The molecule has 1 aromatic rings. The van der Waals surface area contributed by atoms with Crippen molar-refractivity contribution in [3.05, 3.63) is 29.8 Å². The molecule has 5 nitrogen and oxygen atoms in total. The van der Waals surface area contributed by atoms with Gasteiger partial charge in [-0.1, -0.05) is 12.1 Å². The van der Waals surface area contributed by atoms with Crippen LogP contribution < -0.4 is 0 Å². The second-order valence-corrected chi connectivity index (χ2v) is 14.4. The summed E-state index contributed by atoms with van der Waals surface area (Å²) in [4.78, 5) is -0.225. The third-order valence-electron chi connectivity index (χ3n) is 3.96. The summed E-state index contributed by atoms with van der Waals surface area (Å²) in [6.45, 7) is 0. The highest BCUT2D eigenvalue weighted by Gasteiger charge is 2.90. The van der Waals surface area contributed by atoms with Crippen molar-refractivity contribution in [2.45, 2.75) is 39.8 Å². The van der Waals surface area contributed by atoms with E-state index in [9.17, 15) is 65.1 Å². The van der Waals surface area contributed by atoms with Crippen LogP contribution in [0.15, 0.2) is 29.2 Å². The van der Waals surface area contributed by atoms with Crippen molar-refractivity contribution >= 4 is 30.3 Å². The minimum Gasteiger partial charge on any atom is -0.224 e. The average molecular weight is 580 g/mol. The summed E-state index contributed by atoms with van der Waals surface area (Å²) in [5.41, 5.74) is -0.00777.